The van der Waals surface area contributed by atoms with Gasteiger partial charge in [-0.05, 0) is 107 Å². The van der Waals surface area contributed by atoms with Crippen LogP contribution in [0.25, 0.3) is 131 Å². The molecule has 0 saturated heterocycles. The van der Waals surface area contributed by atoms with Crippen molar-refractivity contribution in [2.75, 3.05) is 0 Å². The predicted molar refractivity (Wildman–Crippen MR) is 278 cm³/mol. The Morgan fingerprint density at radius 2 is 0.831 bits per heavy atom. The Bertz CT molecular complexity index is 3980. The van der Waals surface area contributed by atoms with Crippen molar-refractivity contribution in [1.82, 2.24) is 9.97 Å². The van der Waals surface area contributed by atoms with Gasteiger partial charge in [0, 0.05) is 36.9 Å². The lowest BCUT2D eigenvalue weighted by atomic mass is 9.89. The van der Waals surface area contributed by atoms with Gasteiger partial charge in [0.2, 0.25) is 0 Å². The van der Waals surface area contributed by atoms with Crippen molar-refractivity contribution in [2.24, 2.45) is 0 Å². The van der Waals surface area contributed by atoms with E-state index in [1.165, 1.54) is 91.3 Å². The number of aromatic nitrogens is 2. The van der Waals surface area contributed by atoms with Gasteiger partial charge in [0.15, 0.2) is 5.82 Å². The first-order valence-corrected chi connectivity index (χ1v) is 22.9. The highest BCUT2D eigenvalue weighted by Gasteiger charge is 2.17. The molecule has 0 aliphatic rings. The molecule has 0 bridgehead atoms. The van der Waals surface area contributed by atoms with Gasteiger partial charge in [-0.25, -0.2) is 9.97 Å². The summed E-state index contributed by atoms with van der Waals surface area (Å²) in [6.45, 7) is 0. The zero-order valence-corrected chi connectivity index (χ0v) is 36.1. The Hall–Kier alpha value is -8.24. The number of rotatable bonds is 6. The molecule has 0 radical (unpaired) electrons. The lowest BCUT2D eigenvalue weighted by molar-refractivity contribution is 1.19. The first kappa shape index (κ1) is 37.3. The molecule has 0 aliphatic carbocycles. The lowest BCUT2D eigenvalue weighted by Gasteiger charge is -2.15. The summed E-state index contributed by atoms with van der Waals surface area (Å²) in [4.78, 5) is 10.5. The van der Waals surface area contributed by atoms with Crippen LogP contribution in [0.4, 0.5) is 0 Å². The van der Waals surface area contributed by atoms with E-state index in [2.05, 4.69) is 212 Å². The van der Waals surface area contributed by atoms with Crippen LogP contribution in [0.15, 0.2) is 231 Å². The maximum absolute atomic E-state index is 5.26. The molecule has 0 N–H and O–H groups in total. The van der Waals surface area contributed by atoms with E-state index in [-0.39, 0.29) is 0 Å². The van der Waals surface area contributed by atoms with E-state index in [1.807, 2.05) is 29.5 Å². The van der Waals surface area contributed by atoms with Crippen LogP contribution in [0.1, 0.15) is 0 Å². The zero-order valence-electron chi connectivity index (χ0n) is 35.2. The van der Waals surface area contributed by atoms with Crippen molar-refractivity contribution in [1.29, 1.82) is 0 Å². The highest BCUT2D eigenvalue weighted by atomic mass is 32.1. The van der Waals surface area contributed by atoms with Gasteiger partial charge in [0.05, 0.1) is 11.4 Å². The smallest absolute Gasteiger partial charge is 0.160 e. The Kier molecular flexibility index (Phi) is 8.75. The SMILES string of the molecule is c1ccc(-c2nc(-c3ccc4sc5ccccc5c4c3)cc(-c3ccc(-c4ccc(-c5ccc(-c6c7ccccc7cc7c6ccc6ccccc67)cc5)cc4)c4ccccc34)n2)cc1. The third-order valence-electron chi connectivity index (χ3n) is 13.1. The molecule has 11 aromatic carbocycles. The average Bonchev–Trinajstić information content (AvgIpc) is 3.76. The summed E-state index contributed by atoms with van der Waals surface area (Å²) < 4.78 is 2.57. The second kappa shape index (κ2) is 15.2. The quantitative estimate of drug-likeness (QED) is 0.123. The monoisotopic (exact) mass is 842 g/mol. The van der Waals surface area contributed by atoms with Crippen molar-refractivity contribution >= 4 is 74.6 Å². The molecule has 0 spiro atoms. The molecule has 302 valence electrons. The van der Waals surface area contributed by atoms with Gasteiger partial charge < -0.3 is 0 Å². The minimum Gasteiger partial charge on any atom is -0.228 e. The standard InChI is InChI=1S/C62H38N2S/c1-2-13-44(14-3-1)62-63-57(46-31-35-60-56(37-46)53-20-10-11-21-59(53)65-60)38-58(64-62)52-34-33-48(50-18-8-9-19-51(50)52)42-26-22-39(23-27-42)40-24-28-43(29-25-40)61-49-17-7-5-15-45(49)36-55-47-16-6-4-12-41(47)30-32-54(55)61/h1-38H. The van der Waals surface area contributed by atoms with Crippen molar-refractivity contribution < 1.29 is 0 Å². The number of hydrogen-bond donors (Lipinski definition) is 0. The molecule has 0 amide bonds. The normalized spacial score (nSPS) is 11.7. The van der Waals surface area contributed by atoms with Gasteiger partial charge in [-0.1, -0.05) is 200 Å². The van der Waals surface area contributed by atoms with Crippen molar-refractivity contribution in [3.05, 3.63) is 231 Å². The molecule has 2 aromatic heterocycles. The van der Waals surface area contributed by atoms with Crippen molar-refractivity contribution in [2.45, 2.75) is 0 Å². The zero-order chi connectivity index (χ0) is 42.8. The maximum atomic E-state index is 5.26. The molecule has 13 aromatic rings. The molecule has 0 fully saturated rings. The number of benzene rings is 11. The first-order chi connectivity index (χ1) is 32.2. The topological polar surface area (TPSA) is 25.8 Å². The summed E-state index contributed by atoms with van der Waals surface area (Å²) in [5, 5.41) is 12.5. The lowest BCUT2D eigenvalue weighted by Crippen LogP contribution is -1.96. The minimum atomic E-state index is 0.712. The van der Waals surface area contributed by atoms with Gasteiger partial charge in [0.25, 0.3) is 0 Å². The molecular formula is C62H38N2S. The number of nitrogens with zero attached hydrogens (tertiary/aromatic N) is 2. The molecule has 2 nitrogen and oxygen atoms in total. The van der Waals surface area contributed by atoms with Crippen LogP contribution >= 0.6 is 11.3 Å². The third-order valence-corrected chi connectivity index (χ3v) is 14.3. The Morgan fingerprint density at radius 1 is 0.262 bits per heavy atom. The van der Waals surface area contributed by atoms with E-state index in [0.29, 0.717) is 5.82 Å². The van der Waals surface area contributed by atoms with E-state index in [4.69, 9.17) is 9.97 Å². The molecule has 0 atom stereocenters. The molecule has 0 unspecified atom stereocenters. The molecule has 65 heavy (non-hydrogen) atoms. The maximum Gasteiger partial charge on any atom is 0.160 e. The fourth-order valence-corrected chi connectivity index (χ4v) is 11.0. The van der Waals surface area contributed by atoms with Crippen LogP contribution in [0.5, 0.6) is 0 Å². The van der Waals surface area contributed by atoms with Crippen molar-refractivity contribution in [3.8, 4) is 67.3 Å². The van der Waals surface area contributed by atoms with Crippen LogP contribution in [0.2, 0.25) is 0 Å². The summed E-state index contributed by atoms with van der Waals surface area (Å²) in [5.41, 5.74) is 12.2. The first-order valence-electron chi connectivity index (χ1n) is 22.1. The number of fused-ring (bicyclic) bond motifs is 8. The molecule has 13 rings (SSSR count). The van der Waals surface area contributed by atoms with Gasteiger partial charge in [-0.2, -0.15) is 0 Å². The summed E-state index contributed by atoms with van der Waals surface area (Å²) in [6, 6.07) is 83.6. The van der Waals surface area contributed by atoms with E-state index in [9.17, 15) is 0 Å². The van der Waals surface area contributed by atoms with Crippen LogP contribution in [0, 0.1) is 0 Å². The highest BCUT2D eigenvalue weighted by Crippen LogP contribution is 2.42. The Labute approximate surface area is 380 Å². The van der Waals surface area contributed by atoms with E-state index in [1.54, 1.807) is 0 Å². The van der Waals surface area contributed by atoms with Crippen LogP contribution in [-0.2, 0) is 0 Å². The van der Waals surface area contributed by atoms with Gasteiger partial charge >= 0.3 is 0 Å². The fraction of sp³-hybridized carbons (Fsp3) is 0. The largest absolute Gasteiger partial charge is 0.228 e. The van der Waals surface area contributed by atoms with Crippen LogP contribution in [0.3, 0.4) is 0 Å². The number of hydrogen-bond acceptors (Lipinski definition) is 3. The molecule has 0 aliphatic heterocycles. The fourth-order valence-electron chi connectivity index (χ4n) is 9.91. The van der Waals surface area contributed by atoms with E-state index >= 15 is 0 Å². The van der Waals surface area contributed by atoms with Crippen LogP contribution in [-0.4, -0.2) is 9.97 Å². The van der Waals surface area contributed by atoms with E-state index < -0.39 is 0 Å². The predicted octanol–water partition coefficient (Wildman–Crippen LogP) is 17.5. The van der Waals surface area contributed by atoms with Gasteiger partial charge in [-0.3, -0.25) is 0 Å². The summed E-state index contributed by atoms with van der Waals surface area (Å²) in [5.74, 6) is 0.712. The molecule has 3 heteroatoms. The van der Waals surface area contributed by atoms with E-state index in [0.717, 1.165) is 33.5 Å². The number of thiophene rings is 1. The second-order valence-corrected chi connectivity index (χ2v) is 17.9. The molecular weight excluding hydrogens is 805 g/mol. The Morgan fingerprint density at radius 3 is 1.62 bits per heavy atom. The van der Waals surface area contributed by atoms with Crippen molar-refractivity contribution in [3.63, 3.8) is 0 Å². The summed E-state index contributed by atoms with van der Waals surface area (Å²) >= 11 is 1.83. The summed E-state index contributed by atoms with van der Waals surface area (Å²) in [6.07, 6.45) is 0. The average molecular weight is 843 g/mol. The summed E-state index contributed by atoms with van der Waals surface area (Å²) in [7, 11) is 0. The highest BCUT2D eigenvalue weighted by molar-refractivity contribution is 7.25. The molecule has 0 saturated carbocycles. The van der Waals surface area contributed by atoms with Crippen LogP contribution < -0.4 is 0 Å². The second-order valence-electron chi connectivity index (χ2n) is 16.9. The Balaban J connectivity index is 0.866. The minimum absolute atomic E-state index is 0.712. The molecule has 2 heterocycles. The third kappa shape index (κ3) is 6.39. The van der Waals surface area contributed by atoms with Gasteiger partial charge in [0.1, 0.15) is 0 Å². The van der Waals surface area contributed by atoms with Gasteiger partial charge in [-0.15, -0.1) is 11.3 Å².